The van der Waals surface area contributed by atoms with E-state index in [1.165, 1.54) is 0 Å². The zero-order valence-electron chi connectivity index (χ0n) is 12.2. The minimum Gasteiger partial charge on any atom is -0.438 e. The summed E-state index contributed by atoms with van der Waals surface area (Å²) in [5, 5.41) is 0. The molecule has 23 heavy (non-hydrogen) atoms. The smallest absolute Gasteiger partial charge is 0.292 e. The summed E-state index contributed by atoms with van der Waals surface area (Å²) in [5.74, 6) is 1.19. The summed E-state index contributed by atoms with van der Waals surface area (Å²) in [4.78, 5) is 16.2. The van der Waals surface area contributed by atoms with E-state index in [-0.39, 0.29) is 6.67 Å². The second-order valence-electron chi connectivity index (χ2n) is 5.79. The van der Waals surface area contributed by atoms with Crippen molar-refractivity contribution in [3.05, 3.63) is 81.9 Å². The third-order valence-electron chi connectivity index (χ3n) is 4.55. The number of para-hydroxylation sites is 1. The van der Waals surface area contributed by atoms with Crippen LogP contribution in [-0.2, 0) is 16.9 Å². The highest BCUT2D eigenvalue weighted by Crippen LogP contribution is 2.53. The monoisotopic (exact) mass is 305 g/mol. The van der Waals surface area contributed by atoms with Crippen molar-refractivity contribution in [3.8, 4) is 5.75 Å². The van der Waals surface area contributed by atoms with Gasteiger partial charge in [-0.15, -0.1) is 0 Å². The Morgan fingerprint density at radius 1 is 1.04 bits per heavy atom. The van der Waals surface area contributed by atoms with Gasteiger partial charge >= 0.3 is 0 Å². The fourth-order valence-electron chi connectivity index (χ4n) is 3.58. The summed E-state index contributed by atoms with van der Waals surface area (Å²) in [5.41, 5.74) is 2.92. The second-order valence-corrected chi connectivity index (χ2v) is 5.79. The summed E-state index contributed by atoms with van der Waals surface area (Å²) < 4.78 is 13.0. The van der Waals surface area contributed by atoms with E-state index in [9.17, 15) is 4.91 Å². The summed E-state index contributed by atoms with van der Waals surface area (Å²) >= 11 is 0. The Labute approximate surface area is 132 Å². The lowest BCUT2D eigenvalue weighted by Crippen LogP contribution is -2.42. The number of nitrogens with zero attached hydrogens (tertiary/aromatic N) is 2. The maximum absolute atomic E-state index is 11.9. The van der Waals surface area contributed by atoms with Crippen molar-refractivity contribution in [2.75, 3.05) is 6.67 Å². The predicted molar refractivity (Wildman–Crippen MR) is 83.1 cm³/mol. The summed E-state index contributed by atoms with van der Waals surface area (Å²) in [6, 6.07) is 15.9. The zero-order valence-corrected chi connectivity index (χ0v) is 12.2. The molecule has 3 heterocycles. The second kappa shape index (κ2) is 4.36. The standard InChI is InChI=1S/C18H13N2O3/c21-20-9-15-17(19-11-20)23-16-8-4-3-7-14(16)18(15)13-6-2-1-5-12(13)10-22-18/h1-9H,10-11H2/q+1. The highest BCUT2D eigenvalue weighted by atomic mass is 16.5. The molecule has 0 saturated heterocycles. The molecular formula is C18H13N2O3+. The predicted octanol–water partition coefficient (Wildman–Crippen LogP) is 2.89. The molecule has 1 spiro atoms. The summed E-state index contributed by atoms with van der Waals surface area (Å²) in [6.07, 6.45) is 1.54. The lowest BCUT2D eigenvalue weighted by Gasteiger charge is -2.37. The third-order valence-corrected chi connectivity index (χ3v) is 4.55. The average molecular weight is 305 g/mol. The normalized spacial score (nSPS) is 24.3. The molecule has 0 aliphatic carbocycles. The van der Waals surface area contributed by atoms with E-state index in [4.69, 9.17) is 9.47 Å². The maximum atomic E-state index is 11.9. The highest BCUT2D eigenvalue weighted by Gasteiger charge is 2.54. The van der Waals surface area contributed by atoms with Crippen LogP contribution in [0.3, 0.4) is 0 Å². The fourth-order valence-corrected chi connectivity index (χ4v) is 3.58. The van der Waals surface area contributed by atoms with E-state index in [0.717, 1.165) is 27.2 Å². The molecule has 0 amide bonds. The fraction of sp³-hybridized carbons (Fsp3) is 0.167. The van der Waals surface area contributed by atoms with Gasteiger partial charge in [0.1, 0.15) is 11.3 Å². The largest absolute Gasteiger partial charge is 0.438 e. The van der Waals surface area contributed by atoms with Crippen molar-refractivity contribution in [3.63, 3.8) is 0 Å². The third kappa shape index (κ3) is 1.57. The maximum Gasteiger partial charge on any atom is 0.292 e. The summed E-state index contributed by atoms with van der Waals surface area (Å²) in [6.45, 7) is 0.534. The SMILES string of the molecule is O=[N+]1C=C2C(=NC1)Oc1ccccc1C21OCc2ccccc21. The molecule has 1 atom stereocenters. The van der Waals surface area contributed by atoms with Crippen molar-refractivity contribution in [2.24, 2.45) is 4.99 Å². The van der Waals surface area contributed by atoms with E-state index in [1.54, 1.807) is 6.20 Å². The van der Waals surface area contributed by atoms with E-state index in [0.29, 0.717) is 18.1 Å². The first kappa shape index (κ1) is 12.7. The van der Waals surface area contributed by atoms with Gasteiger partial charge in [0, 0.05) is 10.5 Å². The molecule has 5 nitrogen and oxygen atoms in total. The van der Waals surface area contributed by atoms with Crippen LogP contribution in [0.2, 0.25) is 0 Å². The van der Waals surface area contributed by atoms with Gasteiger partial charge < -0.3 is 9.47 Å². The van der Waals surface area contributed by atoms with E-state index in [1.807, 2.05) is 42.5 Å². The Morgan fingerprint density at radius 3 is 2.74 bits per heavy atom. The van der Waals surface area contributed by atoms with Crippen molar-refractivity contribution >= 4 is 5.90 Å². The first-order chi connectivity index (χ1) is 11.3. The van der Waals surface area contributed by atoms with Crippen LogP contribution in [-0.4, -0.2) is 17.3 Å². The highest BCUT2D eigenvalue weighted by molar-refractivity contribution is 6.00. The Kier molecular flexibility index (Phi) is 2.41. The molecule has 0 saturated carbocycles. The Hall–Kier alpha value is -2.79. The van der Waals surface area contributed by atoms with Gasteiger partial charge in [-0.25, -0.2) is 0 Å². The van der Waals surface area contributed by atoms with Gasteiger partial charge in [-0.2, -0.15) is 4.99 Å². The van der Waals surface area contributed by atoms with Crippen LogP contribution in [0.1, 0.15) is 16.7 Å². The van der Waals surface area contributed by atoms with Crippen LogP contribution in [0.25, 0.3) is 0 Å². The van der Waals surface area contributed by atoms with Gasteiger partial charge in [-0.1, -0.05) is 42.5 Å². The van der Waals surface area contributed by atoms with Gasteiger partial charge in [0.15, 0.2) is 5.60 Å². The molecule has 2 aromatic rings. The number of rotatable bonds is 0. The lowest BCUT2D eigenvalue weighted by molar-refractivity contribution is -0.480. The number of fused-ring (bicyclic) bond motifs is 6. The molecule has 112 valence electrons. The number of ether oxygens (including phenoxy) is 2. The quantitative estimate of drug-likeness (QED) is 0.703. The lowest BCUT2D eigenvalue weighted by atomic mass is 9.77. The molecule has 2 aromatic carbocycles. The van der Waals surface area contributed by atoms with Crippen LogP contribution in [0, 0.1) is 4.91 Å². The zero-order chi connectivity index (χ0) is 15.4. The van der Waals surface area contributed by atoms with Gasteiger partial charge in [-0.05, 0) is 17.2 Å². The Balaban J connectivity index is 1.88. The van der Waals surface area contributed by atoms with Crippen LogP contribution in [0.15, 0.2) is 65.3 Å². The minimum absolute atomic E-state index is 0.0404. The number of hydrogen-bond acceptors (Lipinski definition) is 4. The van der Waals surface area contributed by atoms with Gasteiger partial charge in [0.2, 0.25) is 12.1 Å². The van der Waals surface area contributed by atoms with Crippen LogP contribution >= 0.6 is 0 Å². The van der Waals surface area contributed by atoms with E-state index >= 15 is 0 Å². The molecule has 3 aliphatic heterocycles. The molecule has 0 N–H and O–H groups in total. The van der Waals surface area contributed by atoms with E-state index in [2.05, 4.69) is 11.1 Å². The first-order valence-electron chi connectivity index (χ1n) is 7.49. The van der Waals surface area contributed by atoms with Crippen LogP contribution < -0.4 is 4.74 Å². The number of nitroso groups, excluding NO2 is 1. The Morgan fingerprint density at radius 2 is 1.83 bits per heavy atom. The number of benzene rings is 2. The van der Waals surface area contributed by atoms with E-state index < -0.39 is 5.60 Å². The van der Waals surface area contributed by atoms with Gasteiger partial charge in [0.25, 0.3) is 6.67 Å². The molecule has 3 aliphatic rings. The number of aliphatic imine (C=N–C) groups is 1. The molecule has 5 heteroatoms. The van der Waals surface area contributed by atoms with Crippen molar-refractivity contribution in [1.82, 2.24) is 0 Å². The molecule has 0 bridgehead atoms. The minimum atomic E-state index is -0.826. The topological polar surface area (TPSA) is 50.9 Å². The number of hydrogen-bond donors (Lipinski definition) is 0. The first-order valence-corrected chi connectivity index (χ1v) is 7.49. The molecule has 5 rings (SSSR count). The Bertz CT molecular complexity index is 916. The van der Waals surface area contributed by atoms with Gasteiger partial charge in [-0.3, -0.25) is 0 Å². The molecular weight excluding hydrogens is 292 g/mol. The van der Waals surface area contributed by atoms with Crippen molar-refractivity contribution in [2.45, 2.75) is 12.2 Å². The molecule has 0 aromatic heterocycles. The summed E-state index contributed by atoms with van der Waals surface area (Å²) in [7, 11) is 0. The van der Waals surface area contributed by atoms with Crippen molar-refractivity contribution < 1.29 is 14.2 Å². The molecule has 0 fully saturated rings. The van der Waals surface area contributed by atoms with Crippen LogP contribution in [0.5, 0.6) is 5.75 Å². The average Bonchev–Trinajstić information content (AvgIpc) is 2.97. The van der Waals surface area contributed by atoms with Gasteiger partial charge in [0.05, 0.1) is 11.4 Å². The molecule has 0 radical (unpaired) electrons. The van der Waals surface area contributed by atoms with Crippen LogP contribution in [0.4, 0.5) is 0 Å². The van der Waals surface area contributed by atoms with Crippen molar-refractivity contribution in [1.29, 1.82) is 0 Å². The molecule has 1 unspecified atom stereocenters.